The van der Waals surface area contributed by atoms with Gasteiger partial charge in [0.2, 0.25) is 0 Å². The van der Waals surface area contributed by atoms with Gasteiger partial charge >= 0.3 is 5.97 Å². The Kier molecular flexibility index (Phi) is 5.45. The molecule has 2 saturated carbocycles. The van der Waals surface area contributed by atoms with Crippen molar-refractivity contribution in [3.8, 4) is 5.75 Å². The van der Waals surface area contributed by atoms with Crippen LogP contribution in [0.25, 0.3) is 0 Å². The topological polar surface area (TPSA) is 49.8 Å². The highest BCUT2D eigenvalue weighted by atomic mass is 19.1. The van der Waals surface area contributed by atoms with Crippen molar-refractivity contribution in [1.82, 2.24) is 4.90 Å². The maximum Gasteiger partial charge on any atom is 0.343 e. The van der Waals surface area contributed by atoms with Crippen molar-refractivity contribution < 1.29 is 19.0 Å². The Morgan fingerprint density at radius 1 is 1.21 bits per heavy atom. The molecule has 5 heteroatoms. The number of nitrogens with zero attached hydrogens (tertiary/aromatic N) is 1. The van der Waals surface area contributed by atoms with Crippen molar-refractivity contribution in [2.24, 2.45) is 17.8 Å². The number of fused-ring (bicyclic) bond motifs is 2. The molecule has 0 amide bonds. The van der Waals surface area contributed by atoms with Crippen LogP contribution < -0.4 is 4.74 Å². The standard InChI is InChI=1S/C24H28FNO3/c1-26(2)15-21-18-9-8-16(12-18)14-24(21,28)20-13-19(10-11-22(20)25)29-23(27)17-6-4-3-5-7-17/h3-7,10-11,13,16,18,21,28H,8-9,12,14-15H2,1-2H3/t16-,18+,21?,24?/m1/s1. The first-order valence-corrected chi connectivity index (χ1v) is 10.3. The van der Waals surface area contributed by atoms with Crippen LogP contribution in [0.3, 0.4) is 0 Å². The van der Waals surface area contributed by atoms with Crippen LogP contribution in [0.1, 0.15) is 41.6 Å². The first kappa shape index (κ1) is 20.0. The third-order valence-electron chi connectivity index (χ3n) is 6.55. The van der Waals surface area contributed by atoms with Gasteiger partial charge in [-0.25, -0.2) is 9.18 Å². The molecular weight excluding hydrogens is 369 g/mol. The Hall–Kier alpha value is -2.24. The molecule has 1 N–H and O–H groups in total. The molecule has 29 heavy (non-hydrogen) atoms. The molecule has 0 aromatic heterocycles. The summed E-state index contributed by atoms with van der Waals surface area (Å²) in [5, 5.41) is 11.8. The average Bonchev–Trinajstić information content (AvgIpc) is 3.10. The van der Waals surface area contributed by atoms with Gasteiger partial charge in [-0.2, -0.15) is 0 Å². The lowest BCUT2D eigenvalue weighted by molar-refractivity contribution is -0.0913. The number of hydrogen-bond acceptors (Lipinski definition) is 4. The normalized spacial score (nSPS) is 28.5. The second-order valence-corrected chi connectivity index (χ2v) is 8.83. The zero-order valence-electron chi connectivity index (χ0n) is 17.0. The number of ether oxygens (including phenoxy) is 1. The highest BCUT2D eigenvalue weighted by molar-refractivity contribution is 5.90. The van der Waals surface area contributed by atoms with Crippen molar-refractivity contribution in [2.45, 2.75) is 31.3 Å². The molecule has 0 aliphatic heterocycles. The van der Waals surface area contributed by atoms with E-state index >= 15 is 0 Å². The molecule has 0 radical (unpaired) electrons. The van der Waals surface area contributed by atoms with E-state index in [4.69, 9.17) is 4.74 Å². The molecule has 0 saturated heterocycles. The van der Waals surface area contributed by atoms with Crippen LogP contribution in [0.5, 0.6) is 5.75 Å². The highest BCUT2D eigenvalue weighted by Crippen LogP contribution is 2.54. The monoisotopic (exact) mass is 397 g/mol. The van der Waals surface area contributed by atoms with Crippen LogP contribution in [-0.4, -0.2) is 36.6 Å². The van der Waals surface area contributed by atoms with Gasteiger partial charge in [-0.05, 0) is 75.5 Å². The minimum atomic E-state index is -1.26. The quantitative estimate of drug-likeness (QED) is 0.606. The number of rotatable bonds is 5. The second kappa shape index (κ2) is 7.88. The maximum absolute atomic E-state index is 14.9. The fourth-order valence-electron chi connectivity index (χ4n) is 5.29. The van der Waals surface area contributed by atoms with Crippen LogP contribution in [0, 0.1) is 23.6 Å². The Balaban J connectivity index is 1.66. The van der Waals surface area contributed by atoms with Crippen molar-refractivity contribution in [2.75, 3.05) is 20.6 Å². The molecule has 2 aliphatic rings. The Morgan fingerprint density at radius 3 is 2.69 bits per heavy atom. The average molecular weight is 397 g/mol. The summed E-state index contributed by atoms with van der Waals surface area (Å²) in [6.45, 7) is 0.696. The molecule has 2 aromatic carbocycles. The lowest BCUT2D eigenvalue weighted by atomic mass is 9.65. The minimum absolute atomic E-state index is 0.0502. The smallest absolute Gasteiger partial charge is 0.343 e. The van der Waals surface area contributed by atoms with E-state index in [1.54, 1.807) is 24.3 Å². The van der Waals surface area contributed by atoms with Crippen molar-refractivity contribution in [3.63, 3.8) is 0 Å². The van der Waals surface area contributed by atoms with Gasteiger partial charge in [-0.3, -0.25) is 0 Å². The van der Waals surface area contributed by atoms with E-state index in [1.165, 1.54) is 18.2 Å². The molecule has 2 fully saturated rings. The van der Waals surface area contributed by atoms with E-state index in [2.05, 4.69) is 4.90 Å². The van der Waals surface area contributed by atoms with Gasteiger partial charge in [-0.15, -0.1) is 0 Å². The number of hydrogen-bond donors (Lipinski definition) is 1. The summed E-state index contributed by atoms with van der Waals surface area (Å²) in [7, 11) is 3.96. The molecule has 0 spiro atoms. The van der Waals surface area contributed by atoms with Crippen LogP contribution in [-0.2, 0) is 5.60 Å². The fourth-order valence-corrected chi connectivity index (χ4v) is 5.29. The summed E-state index contributed by atoms with van der Waals surface area (Å²) < 4.78 is 20.4. The molecule has 4 atom stereocenters. The largest absolute Gasteiger partial charge is 0.423 e. The molecule has 0 heterocycles. The van der Waals surface area contributed by atoms with Crippen molar-refractivity contribution >= 4 is 5.97 Å². The lowest BCUT2D eigenvalue weighted by Gasteiger charge is -2.45. The van der Waals surface area contributed by atoms with E-state index < -0.39 is 17.4 Å². The Labute approximate surface area is 171 Å². The van der Waals surface area contributed by atoms with Crippen LogP contribution in [0.2, 0.25) is 0 Å². The van der Waals surface area contributed by atoms with Crippen LogP contribution >= 0.6 is 0 Å². The maximum atomic E-state index is 14.9. The van der Waals surface area contributed by atoms with Gasteiger partial charge in [-0.1, -0.05) is 24.6 Å². The summed E-state index contributed by atoms with van der Waals surface area (Å²) >= 11 is 0. The summed E-state index contributed by atoms with van der Waals surface area (Å²) in [4.78, 5) is 14.5. The molecule has 4 nitrogen and oxygen atoms in total. The fraction of sp³-hybridized carbons (Fsp3) is 0.458. The van der Waals surface area contributed by atoms with Crippen molar-refractivity contribution in [3.05, 3.63) is 65.5 Å². The summed E-state index contributed by atoms with van der Waals surface area (Å²) in [6, 6.07) is 13.0. The Bertz CT molecular complexity index is 885. The van der Waals surface area contributed by atoms with E-state index in [1.807, 2.05) is 20.2 Å². The van der Waals surface area contributed by atoms with Gasteiger partial charge in [0, 0.05) is 18.0 Å². The summed E-state index contributed by atoms with van der Waals surface area (Å²) in [6.07, 6.45) is 3.82. The number of esters is 1. The molecular formula is C24H28FNO3. The summed E-state index contributed by atoms with van der Waals surface area (Å²) in [5.74, 6) is 0.0613. The van der Waals surface area contributed by atoms with E-state index in [-0.39, 0.29) is 17.2 Å². The zero-order valence-corrected chi connectivity index (χ0v) is 17.0. The number of carbonyl (C=O) groups excluding carboxylic acids is 1. The molecule has 2 aromatic rings. The lowest BCUT2D eigenvalue weighted by Crippen LogP contribution is -2.48. The number of aliphatic hydroxyl groups is 1. The third-order valence-corrected chi connectivity index (χ3v) is 6.55. The van der Waals surface area contributed by atoms with Gasteiger partial charge in [0.1, 0.15) is 11.6 Å². The second-order valence-electron chi connectivity index (χ2n) is 8.83. The number of benzene rings is 2. The predicted molar refractivity (Wildman–Crippen MR) is 109 cm³/mol. The van der Waals surface area contributed by atoms with Crippen LogP contribution in [0.4, 0.5) is 4.39 Å². The molecule has 2 unspecified atom stereocenters. The van der Waals surface area contributed by atoms with Crippen LogP contribution in [0.15, 0.2) is 48.5 Å². The third kappa shape index (κ3) is 3.94. The molecule has 2 aliphatic carbocycles. The minimum Gasteiger partial charge on any atom is -0.423 e. The predicted octanol–water partition coefficient (Wildman–Crippen LogP) is 4.23. The van der Waals surface area contributed by atoms with Gasteiger partial charge < -0.3 is 14.7 Å². The van der Waals surface area contributed by atoms with E-state index in [9.17, 15) is 14.3 Å². The van der Waals surface area contributed by atoms with E-state index in [0.717, 1.165) is 19.3 Å². The zero-order chi connectivity index (χ0) is 20.6. The Morgan fingerprint density at radius 2 is 1.97 bits per heavy atom. The first-order valence-electron chi connectivity index (χ1n) is 10.3. The molecule has 154 valence electrons. The number of carbonyl (C=O) groups is 1. The molecule has 4 rings (SSSR count). The first-order chi connectivity index (χ1) is 13.9. The highest BCUT2D eigenvalue weighted by Gasteiger charge is 2.52. The number of halogens is 1. The SMILES string of the molecule is CN(C)CC1[C@H]2CC[C@H](C2)CC1(O)c1cc(OC(=O)c2ccccc2)ccc1F. The van der Waals surface area contributed by atoms with Gasteiger partial charge in [0.15, 0.2) is 0 Å². The summed E-state index contributed by atoms with van der Waals surface area (Å²) in [5.41, 5.74) is -0.578. The molecule has 2 bridgehead atoms. The van der Waals surface area contributed by atoms with Gasteiger partial charge in [0.25, 0.3) is 0 Å². The van der Waals surface area contributed by atoms with Gasteiger partial charge in [0.05, 0.1) is 11.2 Å². The van der Waals surface area contributed by atoms with Crippen molar-refractivity contribution in [1.29, 1.82) is 0 Å². The van der Waals surface area contributed by atoms with E-state index in [0.29, 0.717) is 30.4 Å².